The summed E-state index contributed by atoms with van der Waals surface area (Å²) in [5, 5.41) is 19.5. The van der Waals surface area contributed by atoms with Crippen LogP contribution in [0.1, 0.15) is 22.3 Å². The molecule has 0 spiro atoms. The van der Waals surface area contributed by atoms with Gasteiger partial charge in [0.15, 0.2) is 0 Å². The summed E-state index contributed by atoms with van der Waals surface area (Å²) in [4.78, 5) is 22.5. The summed E-state index contributed by atoms with van der Waals surface area (Å²) in [5.41, 5.74) is -0.372. The van der Waals surface area contributed by atoms with E-state index < -0.39 is 41.7 Å². The van der Waals surface area contributed by atoms with Gasteiger partial charge in [-0.2, -0.15) is 0 Å². The fraction of sp³-hybridized carbons (Fsp3) is 0.333. The lowest BCUT2D eigenvalue weighted by Crippen LogP contribution is -2.41. The van der Waals surface area contributed by atoms with Crippen molar-refractivity contribution < 1.29 is 28.6 Å². The van der Waals surface area contributed by atoms with Gasteiger partial charge in [-0.15, -0.1) is 0 Å². The quantitative estimate of drug-likeness (QED) is 0.742. The molecular weight excluding hydrogens is 260 g/mol. The fourth-order valence-electron chi connectivity index (χ4n) is 1.45. The maximum Gasteiger partial charge on any atom is 0.326 e. The van der Waals surface area contributed by atoms with Crippen LogP contribution in [-0.2, 0) is 4.79 Å². The maximum atomic E-state index is 13.4. The summed E-state index contributed by atoms with van der Waals surface area (Å²) < 4.78 is 26.5. The molecular formula is C12H13F2NO4. The van der Waals surface area contributed by atoms with E-state index >= 15 is 0 Å². The van der Waals surface area contributed by atoms with Crippen molar-refractivity contribution >= 4 is 11.9 Å². The number of benzene rings is 1. The molecule has 5 nitrogen and oxygen atoms in total. The summed E-state index contributed by atoms with van der Waals surface area (Å²) in [6.45, 7) is 0.913. The van der Waals surface area contributed by atoms with E-state index in [9.17, 15) is 18.4 Å². The van der Waals surface area contributed by atoms with Gasteiger partial charge in [0.05, 0.1) is 5.56 Å². The minimum absolute atomic E-state index is 0.0700. The molecule has 0 radical (unpaired) electrons. The molecule has 0 fully saturated rings. The zero-order valence-electron chi connectivity index (χ0n) is 10.1. The van der Waals surface area contributed by atoms with E-state index in [0.29, 0.717) is 6.07 Å². The van der Waals surface area contributed by atoms with Gasteiger partial charge >= 0.3 is 5.97 Å². The Bertz CT molecular complexity index is 505. The van der Waals surface area contributed by atoms with E-state index in [1.807, 2.05) is 0 Å². The first kappa shape index (κ1) is 15.0. The number of carboxylic acids is 1. The van der Waals surface area contributed by atoms with Crippen LogP contribution < -0.4 is 5.32 Å². The molecule has 1 atom stereocenters. The van der Waals surface area contributed by atoms with Gasteiger partial charge < -0.3 is 15.5 Å². The maximum absolute atomic E-state index is 13.4. The smallest absolute Gasteiger partial charge is 0.326 e. The van der Waals surface area contributed by atoms with Crippen molar-refractivity contribution in [3.8, 4) is 0 Å². The van der Waals surface area contributed by atoms with Crippen LogP contribution in [0.3, 0.4) is 0 Å². The third-order valence-corrected chi connectivity index (χ3v) is 2.51. The number of hydrogen-bond donors (Lipinski definition) is 3. The van der Waals surface area contributed by atoms with Crippen molar-refractivity contribution in [2.24, 2.45) is 0 Å². The SMILES string of the molecule is Cc1cc(C(=O)N[C@@H](CCO)C(=O)O)c(F)cc1F. The molecule has 0 bridgehead atoms. The van der Waals surface area contributed by atoms with Crippen molar-refractivity contribution in [2.45, 2.75) is 19.4 Å². The van der Waals surface area contributed by atoms with E-state index in [0.717, 1.165) is 6.07 Å². The van der Waals surface area contributed by atoms with E-state index in [1.165, 1.54) is 6.92 Å². The molecule has 1 aromatic rings. The lowest BCUT2D eigenvalue weighted by molar-refractivity contribution is -0.139. The van der Waals surface area contributed by atoms with Crippen molar-refractivity contribution in [1.82, 2.24) is 5.32 Å². The number of hydrogen-bond acceptors (Lipinski definition) is 3. The third kappa shape index (κ3) is 3.72. The van der Waals surface area contributed by atoms with Gasteiger partial charge in [0.1, 0.15) is 17.7 Å². The first-order valence-corrected chi connectivity index (χ1v) is 5.47. The Balaban J connectivity index is 2.94. The van der Waals surface area contributed by atoms with Crippen molar-refractivity contribution in [1.29, 1.82) is 0 Å². The summed E-state index contributed by atoms with van der Waals surface area (Å²) >= 11 is 0. The molecule has 7 heteroatoms. The van der Waals surface area contributed by atoms with Crippen LogP contribution in [0.5, 0.6) is 0 Å². The van der Waals surface area contributed by atoms with Crippen molar-refractivity contribution in [2.75, 3.05) is 6.61 Å². The van der Waals surface area contributed by atoms with Crippen molar-refractivity contribution in [3.05, 3.63) is 34.9 Å². The molecule has 0 saturated heterocycles. The topological polar surface area (TPSA) is 86.6 Å². The van der Waals surface area contributed by atoms with Crippen LogP contribution in [0.2, 0.25) is 0 Å². The monoisotopic (exact) mass is 273 g/mol. The van der Waals surface area contributed by atoms with Crippen LogP contribution >= 0.6 is 0 Å². The molecule has 1 rings (SSSR count). The van der Waals surface area contributed by atoms with Gasteiger partial charge in [0, 0.05) is 19.1 Å². The summed E-state index contributed by atoms with van der Waals surface area (Å²) in [5.74, 6) is -4.18. The van der Waals surface area contributed by atoms with Gasteiger partial charge in [0.2, 0.25) is 0 Å². The number of aliphatic hydroxyl groups excluding tert-OH is 1. The molecule has 0 aliphatic rings. The standard InChI is InChI=1S/C12H13F2NO4/c1-6-4-7(9(14)5-8(6)13)11(17)15-10(2-3-16)12(18)19/h4-5,10,16H,2-3H2,1H3,(H,15,17)(H,18,19)/t10-/m0/s1. The third-order valence-electron chi connectivity index (χ3n) is 2.51. The number of carboxylic acid groups (broad SMARTS) is 1. The van der Waals surface area contributed by atoms with Crippen LogP contribution in [-0.4, -0.2) is 34.7 Å². The highest BCUT2D eigenvalue weighted by atomic mass is 19.1. The summed E-state index contributed by atoms with van der Waals surface area (Å²) in [6.07, 6.45) is -0.205. The molecule has 3 N–H and O–H groups in total. The Labute approximate surface area is 107 Å². The number of amides is 1. The Morgan fingerprint density at radius 2 is 1.95 bits per heavy atom. The highest BCUT2D eigenvalue weighted by molar-refractivity contribution is 5.97. The van der Waals surface area contributed by atoms with Gasteiger partial charge in [-0.25, -0.2) is 13.6 Å². The van der Waals surface area contributed by atoms with E-state index in [1.54, 1.807) is 0 Å². The molecule has 0 unspecified atom stereocenters. The van der Waals surface area contributed by atoms with Crippen LogP contribution in [0.25, 0.3) is 0 Å². The highest BCUT2D eigenvalue weighted by Gasteiger charge is 2.22. The first-order chi connectivity index (χ1) is 8.86. The van der Waals surface area contributed by atoms with Crippen LogP contribution in [0.15, 0.2) is 12.1 Å². The molecule has 0 saturated carbocycles. The number of nitrogens with one attached hydrogen (secondary N) is 1. The molecule has 104 valence electrons. The lowest BCUT2D eigenvalue weighted by Gasteiger charge is -2.14. The molecule has 0 aliphatic heterocycles. The largest absolute Gasteiger partial charge is 0.480 e. The van der Waals surface area contributed by atoms with Gasteiger partial charge in [-0.05, 0) is 18.6 Å². The first-order valence-electron chi connectivity index (χ1n) is 5.47. The Hall–Kier alpha value is -2.02. The van der Waals surface area contributed by atoms with Gasteiger partial charge in [0.25, 0.3) is 5.91 Å². The normalized spacial score (nSPS) is 12.0. The van der Waals surface area contributed by atoms with Gasteiger partial charge in [-0.1, -0.05) is 0 Å². The number of rotatable bonds is 5. The predicted molar refractivity (Wildman–Crippen MR) is 61.7 cm³/mol. The number of carbonyl (C=O) groups excluding carboxylic acids is 1. The second kappa shape index (κ2) is 6.24. The lowest BCUT2D eigenvalue weighted by atomic mass is 10.1. The summed E-state index contributed by atoms with van der Waals surface area (Å²) in [6, 6.07) is 0.228. The zero-order chi connectivity index (χ0) is 14.6. The number of halogens is 2. The second-order valence-corrected chi connectivity index (χ2v) is 3.96. The highest BCUT2D eigenvalue weighted by Crippen LogP contribution is 2.14. The fourth-order valence-corrected chi connectivity index (χ4v) is 1.45. The zero-order valence-corrected chi connectivity index (χ0v) is 10.1. The molecule has 0 aliphatic carbocycles. The molecule has 1 amide bonds. The Morgan fingerprint density at radius 3 is 2.47 bits per heavy atom. The average Bonchev–Trinajstić information content (AvgIpc) is 2.32. The van der Waals surface area contributed by atoms with E-state index in [-0.39, 0.29) is 12.0 Å². The Morgan fingerprint density at radius 1 is 1.32 bits per heavy atom. The predicted octanol–water partition coefficient (Wildman–Crippen LogP) is 0.839. The van der Waals surface area contributed by atoms with Crippen molar-refractivity contribution in [3.63, 3.8) is 0 Å². The number of aliphatic hydroxyl groups is 1. The molecule has 0 heterocycles. The van der Waals surface area contributed by atoms with Crippen LogP contribution in [0, 0.1) is 18.6 Å². The molecule has 19 heavy (non-hydrogen) atoms. The number of aliphatic carboxylic acids is 1. The Kier molecular flexibility index (Phi) is 4.94. The van der Waals surface area contributed by atoms with Crippen LogP contribution in [0.4, 0.5) is 8.78 Å². The minimum Gasteiger partial charge on any atom is -0.480 e. The van der Waals surface area contributed by atoms with E-state index in [2.05, 4.69) is 5.32 Å². The molecule has 0 aromatic heterocycles. The summed E-state index contributed by atoms with van der Waals surface area (Å²) in [7, 11) is 0. The number of carbonyl (C=O) groups is 2. The number of aryl methyl sites for hydroxylation is 1. The average molecular weight is 273 g/mol. The molecule has 1 aromatic carbocycles. The minimum atomic E-state index is -1.35. The second-order valence-electron chi connectivity index (χ2n) is 3.96. The van der Waals surface area contributed by atoms with E-state index in [4.69, 9.17) is 10.2 Å². The van der Waals surface area contributed by atoms with Gasteiger partial charge in [-0.3, -0.25) is 4.79 Å².